The molecule has 0 heterocycles. The number of para-hydroxylation sites is 1. The van der Waals surface area contributed by atoms with Crippen LogP contribution in [0.1, 0.15) is 78.3 Å². The van der Waals surface area contributed by atoms with Crippen LogP contribution in [0.2, 0.25) is 0 Å². The van der Waals surface area contributed by atoms with Crippen molar-refractivity contribution in [2.24, 2.45) is 0 Å². The van der Waals surface area contributed by atoms with Crippen LogP contribution in [-0.4, -0.2) is 46.1 Å². The monoisotopic (exact) mass is 561 g/mol. The number of anilines is 1. The van der Waals surface area contributed by atoms with Crippen LogP contribution in [0.25, 0.3) is 10.8 Å². The number of alkyl carbamates (subject to hydrolysis) is 1. The molecule has 0 aliphatic heterocycles. The van der Waals surface area contributed by atoms with Crippen molar-refractivity contribution >= 4 is 34.4 Å². The number of hydrogen-bond donors (Lipinski definition) is 3. The number of aromatic hydroxyl groups is 1. The fourth-order valence-electron chi connectivity index (χ4n) is 4.69. The highest BCUT2D eigenvalue weighted by molar-refractivity contribution is 6.00. The van der Waals surface area contributed by atoms with Gasteiger partial charge in [-0.05, 0) is 63.1 Å². The molecule has 220 valence electrons. The molecular formula is C33H43N3O5. The van der Waals surface area contributed by atoms with Gasteiger partial charge in [-0.2, -0.15) is 0 Å². The van der Waals surface area contributed by atoms with Gasteiger partial charge in [-0.25, -0.2) is 4.79 Å². The summed E-state index contributed by atoms with van der Waals surface area (Å²) in [4.78, 5) is 41.8. The number of benzene rings is 3. The molecule has 0 aliphatic carbocycles. The van der Waals surface area contributed by atoms with Gasteiger partial charge in [-0.3, -0.25) is 9.59 Å². The van der Waals surface area contributed by atoms with Crippen molar-refractivity contribution in [3.05, 3.63) is 72.3 Å². The van der Waals surface area contributed by atoms with Crippen molar-refractivity contribution in [3.8, 4) is 5.75 Å². The number of nitrogens with zero attached hydrogens (tertiary/aromatic N) is 1. The minimum Gasteiger partial charge on any atom is -0.508 e. The van der Waals surface area contributed by atoms with E-state index in [1.54, 1.807) is 45.9 Å². The van der Waals surface area contributed by atoms with Gasteiger partial charge in [0.25, 0.3) is 5.91 Å². The Kier molecular flexibility index (Phi) is 11.1. The van der Waals surface area contributed by atoms with E-state index >= 15 is 0 Å². The summed E-state index contributed by atoms with van der Waals surface area (Å²) in [6.07, 6.45) is 3.99. The van der Waals surface area contributed by atoms with Gasteiger partial charge in [0.2, 0.25) is 5.91 Å². The van der Waals surface area contributed by atoms with Gasteiger partial charge in [0.05, 0.1) is 0 Å². The smallest absolute Gasteiger partial charge is 0.408 e. The number of carbonyl (C=O) groups excluding carboxylic acids is 3. The first-order valence-corrected chi connectivity index (χ1v) is 14.4. The first-order valence-electron chi connectivity index (χ1n) is 14.4. The van der Waals surface area contributed by atoms with Gasteiger partial charge in [0.1, 0.15) is 23.4 Å². The molecule has 41 heavy (non-hydrogen) atoms. The molecule has 3 rings (SSSR count). The van der Waals surface area contributed by atoms with E-state index in [1.807, 2.05) is 42.5 Å². The van der Waals surface area contributed by atoms with E-state index in [4.69, 9.17) is 4.74 Å². The Morgan fingerprint density at radius 2 is 1.56 bits per heavy atom. The number of ether oxygens (including phenoxy) is 1. The number of nitrogens with one attached hydrogen (secondary N) is 2. The molecule has 3 N–H and O–H groups in total. The highest BCUT2D eigenvalue weighted by atomic mass is 16.6. The zero-order valence-corrected chi connectivity index (χ0v) is 24.8. The zero-order valence-electron chi connectivity index (χ0n) is 24.8. The number of phenols is 1. The van der Waals surface area contributed by atoms with Crippen LogP contribution in [0.15, 0.2) is 66.7 Å². The van der Waals surface area contributed by atoms with Crippen LogP contribution in [-0.2, 0) is 14.3 Å². The summed E-state index contributed by atoms with van der Waals surface area (Å²) in [6.45, 7) is 9.20. The van der Waals surface area contributed by atoms with E-state index in [9.17, 15) is 19.5 Å². The number of amides is 3. The third-order valence-corrected chi connectivity index (χ3v) is 6.70. The van der Waals surface area contributed by atoms with Crippen molar-refractivity contribution < 1.29 is 24.2 Å². The van der Waals surface area contributed by atoms with Crippen LogP contribution >= 0.6 is 0 Å². The third kappa shape index (κ3) is 9.23. The van der Waals surface area contributed by atoms with E-state index in [1.165, 1.54) is 11.0 Å². The molecule has 3 amide bonds. The Balaban J connectivity index is 1.95. The largest absolute Gasteiger partial charge is 0.508 e. The van der Waals surface area contributed by atoms with Crippen LogP contribution in [0.5, 0.6) is 5.75 Å². The van der Waals surface area contributed by atoms with Gasteiger partial charge in [0, 0.05) is 17.8 Å². The molecule has 3 aromatic rings. The Labute approximate surface area is 243 Å². The lowest BCUT2D eigenvalue weighted by Crippen LogP contribution is -2.51. The zero-order chi connectivity index (χ0) is 30.0. The van der Waals surface area contributed by atoms with Crippen molar-refractivity contribution in [1.82, 2.24) is 10.2 Å². The van der Waals surface area contributed by atoms with E-state index in [2.05, 4.69) is 17.6 Å². The number of fused-ring (bicyclic) bond motifs is 1. The molecule has 2 unspecified atom stereocenters. The van der Waals surface area contributed by atoms with Gasteiger partial charge in [-0.1, -0.05) is 81.1 Å². The summed E-state index contributed by atoms with van der Waals surface area (Å²) < 4.78 is 5.35. The highest BCUT2D eigenvalue weighted by Crippen LogP contribution is 2.31. The van der Waals surface area contributed by atoms with Gasteiger partial charge < -0.3 is 25.4 Å². The van der Waals surface area contributed by atoms with Crippen molar-refractivity contribution in [1.29, 1.82) is 0 Å². The molecule has 0 radical (unpaired) electrons. The summed E-state index contributed by atoms with van der Waals surface area (Å²) in [5.74, 6) is -1.01. The van der Waals surface area contributed by atoms with Gasteiger partial charge in [0.15, 0.2) is 0 Å². The Hall–Kier alpha value is -4.07. The molecule has 0 saturated heterocycles. The standard InChI is InChI=1S/C33H43N3O5/c1-6-7-8-9-14-21-36(31(39)23(2)34-32(40)41-33(3,4)5)29(27-17-12-13-18-28(27)37)30(38)35-26-20-19-24-15-10-11-16-25(24)22-26/h10-13,15-20,22-23,29,37H,6-9,14,21H2,1-5H3,(H,34,40)(H,35,38). The summed E-state index contributed by atoms with van der Waals surface area (Å²) in [5.41, 5.74) is 0.144. The highest BCUT2D eigenvalue weighted by Gasteiger charge is 2.36. The summed E-state index contributed by atoms with van der Waals surface area (Å²) in [7, 11) is 0. The van der Waals surface area contributed by atoms with Crippen LogP contribution in [0.3, 0.4) is 0 Å². The van der Waals surface area contributed by atoms with E-state index in [-0.39, 0.29) is 12.3 Å². The molecule has 0 spiro atoms. The number of rotatable bonds is 12. The predicted octanol–water partition coefficient (Wildman–Crippen LogP) is 6.94. The number of unbranched alkanes of at least 4 members (excludes halogenated alkanes) is 4. The lowest BCUT2D eigenvalue weighted by Gasteiger charge is -2.34. The van der Waals surface area contributed by atoms with Gasteiger partial charge >= 0.3 is 6.09 Å². The summed E-state index contributed by atoms with van der Waals surface area (Å²) in [6, 6.07) is 17.9. The Morgan fingerprint density at radius 1 is 0.902 bits per heavy atom. The maximum absolute atomic E-state index is 14.0. The first kappa shape index (κ1) is 31.5. The number of carbonyl (C=O) groups is 3. The minimum absolute atomic E-state index is 0.0947. The molecule has 3 aromatic carbocycles. The molecule has 8 heteroatoms. The van der Waals surface area contributed by atoms with Crippen molar-refractivity contribution in [2.75, 3.05) is 11.9 Å². The molecule has 8 nitrogen and oxygen atoms in total. The second-order valence-electron chi connectivity index (χ2n) is 11.3. The summed E-state index contributed by atoms with van der Waals surface area (Å²) >= 11 is 0. The fraction of sp³-hybridized carbons (Fsp3) is 0.424. The molecular weight excluding hydrogens is 518 g/mol. The Bertz CT molecular complexity index is 1330. The van der Waals surface area contributed by atoms with E-state index in [0.717, 1.165) is 36.5 Å². The maximum atomic E-state index is 14.0. The number of phenolic OH excluding ortho intramolecular Hbond substituents is 1. The lowest BCUT2D eigenvalue weighted by atomic mass is 10.0. The molecule has 0 fully saturated rings. The molecule has 0 bridgehead atoms. The minimum atomic E-state index is -1.13. The molecule has 0 aliphatic rings. The maximum Gasteiger partial charge on any atom is 0.408 e. The second-order valence-corrected chi connectivity index (χ2v) is 11.3. The quantitative estimate of drug-likeness (QED) is 0.208. The van der Waals surface area contributed by atoms with E-state index < -0.39 is 35.6 Å². The van der Waals surface area contributed by atoms with Crippen LogP contribution in [0.4, 0.5) is 10.5 Å². The van der Waals surface area contributed by atoms with Crippen LogP contribution in [0, 0.1) is 0 Å². The molecule has 2 atom stereocenters. The molecule has 0 saturated carbocycles. The number of hydrogen-bond acceptors (Lipinski definition) is 5. The Morgan fingerprint density at radius 3 is 2.24 bits per heavy atom. The van der Waals surface area contributed by atoms with Crippen LogP contribution < -0.4 is 10.6 Å². The third-order valence-electron chi connectivity index (χ3n) is 6.70. The first-order chi connectivity index (χ1) is 19.5. The fourth-order valence-corrected chi connectivity index (χ4v) is 4.69. The van der Waals surface area contributed by atoms with Crippen molar-refractivity contribution in [3.63, 3.8) is 0 Å². The molecule has 0 aromatic heterocycles. The second kappa shape index (κ2) is 14.5. The average Bonchev–Trinajstić information content (AvgIpc) is 2.91. The van der Waals surface area contributed by atoms with E-state index in [0.29, 0.717) is 17.7 Å². The lowest BCUT2D eigenvalue weighted by molar-refractivity contribution is -0.140. The topological polar surface area (TPSA) is 108 Å². The summed E-state index contributed by atoms with van der Waals surface area (Å²) in [5, 5.41) is 18.4. The van der Waals surface area contributed by atoms with Crippen molar-refractivity contribution in [2.45, 2.75) is 84.4 Å². The normalized spacial score (nSPS) is 12.8. The SMILES string of the molecule is CCCCCCCN(C(=O)C(C)NC(=O)OC(C)(C)C)C(C(=O)Nc1ccc2ccccc2c1)c1ccccc1O. The average molecular weight is 562 g/mol. The predicted molar refractivity (Wildman–Crippen MR) is 163 cm³/mol. The van der Waals surface area contributed by atoms with Gasteiger partial charge in [-0.15, -0.1) is 0 Å².